The third-order valence-electron chi connectivity index (χ3n) is 3.05. The molecule has 1 aromatic carbocycles. The third kappa shape index (κ3) is 2.76. The molecule has 0 aliphatic rings. The topological polar surface area (TPSA) is 72.0 Å². The quantitative estimate of drug-likeness (QED) is 0.672. The maximum Gasteiger partial charge on any atom is 0.258 e. The molecule has 0 unspecified atom stereocenters. The fourth-order valence-corrected chi connectivity index (χ4v) is 2.37. The van der Waals surface area contributed by atoms with Crippen molar-refractivity contribution in [3.05, 3.63) is 45.2 Å². The Labute approximate surface area is 135 Å². The van der Waals surface area contributed by atoms with Gasteiger partial charge in [0.15, 0.2) is 0 Å². The molecule has 3 aromatic rings. The van der Waals surface area contributed by atoms with Gasteiger partial charge < -0.3 is 9.63 Å². The minimum absolute atomic E-state index is 0.192. The predicted molar refractivity (Wildman–Crippen MR) is 86.8 cm³/mol. The molecule has 2 aromatic heterocycles. The van der Waals surface area contributed by atoms with Gasteiger partial charge in [-0.15, -0.1) is 0 Å². The van der Waals surface area contributed by atoms with Crippen LogP contribution in [-0.4, -0.2) is 20.2 Å². The van der Waals surface area contributed by atoms with E-state index in [4.69, 9.17) is 4.52 Å². The molecule has 106 valence electrons. The van der Waals surface area contributed by atoms with Gasteiger partial charge in [0.05, 0.1) is 3.57 Å². The van der Waals surface area contributed by atoms with Gasteiger partial charge in [-0.05, 0) is 65.8 Å². The molecule has 0 radical (unpaired) electrons. The minimum atomic E-state index is 0.192. The molecule has 5 nitrogen and oxygen atoms in total. The van der Waals surface area contributed by atoms with E-state index < -0.39 is 0 Å². The first-order valence-electron chi connectivity index (χ1n) is 6.31. The van der Waals surface area contributed by atoms with Crippen LogP contribution in [0, 0.1) is 17.4 Å². The summed E-state index contributed by atoms with van der Waals surface area (Å²) >= 11 is 2.06. The van der Waals surface area contributed by atoms with Crippen LogP contribution >= 0.6 is 22.6 Å². The van der Waals surface area contributed by atoms with Gasteiger partial charge in [0.1, 0.15) is 11.4 Å². The molecule has 21 heavy (non-hydrogen) atoms. The van der Waals surface area contributed by atoms with Crippen molar-refractivity contribution >= 4 is 22.6 Å². The monoisotopic (exact) mass is 393 g/mol. The number of phenolic OH excluding ortho intramolecular Hbond substituents is 1. The molecule has 0 aliphatic carbocycles. The third-order valence-corrected chi connectivity index (χ3v) is 3.96. The van der Waals surface area contributed by atoms with Crippen molar-refractivity contribution < 1.29 is 9.63 Å². The predicted octanol–water partition coefficient (Wildman–Crippen LogP) is 3.73. The van der Waals surface area contributed by atoms with Gasteiger partial charge in [-0.25, -0.2) is 0 Å². The minimum Gasteiger partial charge on any atom is -0.507 e. The van der Waals surface area contributed by atoms with Crippen molar-refractivity contribution in [3.63, 3.8) is 0 Å². The number of benzene rings is 1. The lowest BCUT2D eigenvalue weighted by Gasteiger charge is -2.00. The van der Waals surface area contributed by atoms with E-state index in [0.29, 0.717) is 23.0 Å². The van der Waals surface area contributed by atoms with Crippen LogP contribution in [0.3, 0.4) is 0 Å². The first kappa shape index (κ1) is 14.0. The van der Waals surface area contributed by atoms with Crippen molar-refractivity contribution in [2.24, 2.45) is 0 Å². The number of pyridine rings is 1. The average Bonchev–Trinajstić information content (AvgIpc) is 2.91. The average molecular weight is 393 g/mol. The summed E-state index contributed by atoms with van der Waals surface area (Å²) in [5.74, 6) is 0.997. The Bertz CT molecular complexity index is 814. The Hall–Kier alpha value is -1.96. The first-order valence-corrected chi connectivity index (χ1v) is 7.38. The van der Waals surface area contributed by atoms with Crippen LogP contribution in [0.15, 0.2) is 35.0 Å². The van der Waals surface area contributed by atoms with Crippen molar-refractivity contribution in [3.8, 4) is 28.7 Å². The number of aromatic nitrogens is 3. The lowest BCUT2D eigenvalue weighted by atomic mass is 10.1. The normalized spacial score (nSPS) is 10.8. The fourth-order valence-electron chi connectivity index (χ4n) is 2.03. The summed E-state index contributed by atoms with van der Waals surface area (Å²) in [6, 6.07) is 7.25. The summed E-state index contributed by atoms with van der Waals surface area (Å²) in [6.45, 7) is 3.95. The lowest BCUT2D eigenvalue weighted by Crippen LogP contribution is -1.91. The van der Waals surface area contributed by atoms with Gasteiger partial charge >= 0.3 is 0 Å². The van der Waals surface area contributed by atoms with Crippen LogP contribution < -0.4 is 0 Å². The van der Waals surface area contributed by atoms with Crippen LogP contribution in [0.2, 0.25) is 0 Å². The van der Waals surface area contributed by atoms with Gasteiger partial charge in [0.2, 0.25) is 5.82 Å². The Morgan fingerprint density at radius 2 is 2.00 bits per heavy atom. The van der Waals surface area contributed by atoms with Crippen LogP contribution in [0.4, 0.5) is 0 Å². The molecule has 6 heteroatoms. The molecule has 0 fully saturated rings. The summed E-state index contributed by atoms with van der Waals surface area (Å²) in [4.78, 5) is 8.71. The van der Waals surface area contributed by atoms with E-state index in [2.05, 4.69) is 37.7 Å². The molecular weight excluding hydrogens is 381 g/mol. The zero-order valence-corrected chi connectivity index (χ0v) is 13.6. The number of aryl methyl sites for hydroxylation is 2. The molecule has 0 aliphatic heterocycles. The Morgan fingerprint density at radius 3 is 2.71 bits per heavy atom. The molecular formula is C15H12IN3O2. The van der Waals surface area contributed by atoms with Gasteiger partial charge in [-0.1, -0.05) is 11.2 Å². The summed E-state index contributed by atoms with van der Waals surface area (Å²) in [5, 5.41) is 13.7. The molecule has 3 rings (SSSR count). The molecule has 1 N–H and O–H groups in total. The molecule has 0 bridgehead atoms. The van der Waals surface area contributed by atoms with E-state index in [1.807, 2.05) is 26.0 Å². The van der Waals surface area contributed by atoms with Crippen LogP contribution in [0.25, 0.3) is 23.0 Å². The zero-order chi connectivity index (χ0) is 15.0. The second kappa shape index (κ2) is 5.44. The number of phenols is 1. The maximum absolute atomic E-state index is 9.75. The molecule has 0 atom stereocenters. The summed E-state index contributed by atoms with van der Waals surface area (Å²) in [7, 11) is 0. The number of hydrogen-bond donors (Lipinski definition) is 1. The lowest BCUT2D eigenvalue weighted by molar-refractivity contribution is 0.431. The second-order valence-corrected chi connectivity index (χ2v) is 5.93. The highest BCUT2D eigenvalue weighted by Crippen LogP contribution is 2.28. The highest BCUT2D eigenvalue weighted by Gasteiger charge is 2.14. The molecule has 0 saturated carbocycles. The van der Waals surface area contributed by atoms with Gasteiger partial charge in [0.25, 0.3) is 5.89 Å². The summed E-state index contributed by atoms with van der Waals surface area (Å²) < 4.78 is 6.04. The van der Waals surface area contributed by atoms with Gasteiger partial charge in [-0.2, -0.15) is 4.98 Å². The van der Waals surface area contributed by atoms with E-state index in [1.54, 1.807) is 18.3 Å². The largest absolute Gasteiger partial charge is 0.507 e. The first-order chi connectivity index (χ1) is 10.0. The number of aromatic hydroxyl groups is 1. The zero-order valence-electron chi connectivity index (χ0n) is 11.5. The van der Waals surface area contributed by atoms with E-state index in [0.717, 1.165) is 14.7 Å². The Morgan fingerprint density at radius 1 is 1.19 bits per heavy atom. The van der Waals surface area contributed by atoms with E-state index in [-0.39, 0.29) is 5.75 Å². The summed E-state index contributed by atoms with van der Waals surface area (Å²) in [5.41, 5.74) is 3.46. The van der Waals surface area contributed by atoms with Crippen molar-refractivity contribution in [1.82, 2.24) is 15.1 Å². The highest BCUT2D eigenvalue weighted by molar-refractivity contribution is 14.1. The standard InChI is InChI=1S/C15H12IN3O2/c1-8-5-9(2)13(17-7-8)14-18-15(21-19-14)10-3-4-11(16)12(20)6-10/h3-7,20H,1-2H3. The molecule has 0 spiro atoms. The van der Waals surface area contributed by atoms with Crippen LogP contribution in [0.1, 0.15) is 11.1 Å². The van der Waals surface area contributed by atoms with E-state index in [1.165, 1.54) is 0 Å². The van der Waals surface area contributed by atoms with Crippen LogP contribution in [0.5, 0.6) is 5.75 Å². The summed E-state index contributed by atoms with van der Waals surface area (Å²) in [6.07, 6.45) is 1.77. The number of hydrogen-bond acceptors (Lipinski definition) is 5. The molecule has 0 amide bonds. The van der Waals surface area contributed by atoms with E-state index in [9.17, 15) is 5.11 Å². The van der Waals surface area contributed by atoms with Gasteiger partial charge in [-0.3, -0.25) is 4.98 Å². The number of halogens is 1. The van der Waals surface area contributed by atoms with E-state index >= 15 is 0 Å². The van der Waals surface area contributed by atoms with Crippen molar-refractivity contribution in [2.45, 2.75) is 13.8 Å². The van der Waals surface area contributed by atoms with Gasteiger partial charge in [0, 0.05) is 11.8 Å². The van der Waals surface area contributed by atoms with Crippen molar-refractivity contribution in [2.75, 3.05) is 0 Å². The Balaban J connectivity index is 2.01. The second-order valence-electron chi connectivity index (χ2n) is 4.77. The molecule has 2 heterocycles. The SMILES string of the molecule is Cc1cnc(-c2noc(-c3ccc(I)c(O)c3)n2)c(C)c1. The smallest absolute Gasteiger partial charge is 0.258 e. The highest BCUT2D eigenvalue weighted by atomic mass is 127. The molecule has 0 saturated heterocycles. The fraction of sp³-hybridized carbons (Fsp3) is 0.133. The number of nitrogens with zero attached hydrogens (tertiary/aromatic N) is 3. The Kier molecular flexibility index (Phi) is 3.62. The van der Waals surface area contributed by atoms with Crippen LogP contribution in [-0.2, 0) is 0 Å². The number of rotatable bonds is 2. The van der Waals surface area contributed by atoms with Crippen molar-refractivity contribution in [1.29, 1.82) is 0 Å². The maximum atomic E-state index is 9.75.